The molecule has 2 aromatic rings. The van der Waals surface area contributed by atoms with Crippen LogP contribution in [0.5, 0.6) is 0 Å². The zero-order valence-electron chi connectivity index (χ0n) is 15.3. The van der Waals surface area contributed by atoms with Crippen LogP contribution in [0.4, 0.5) is 15.0 Å². The highest BCUT2D eigenvalue weighted by Gasteiger charge is 2.62. The second-order valence-corrected chi connectivity index (χ2v) is 8.59. The molecule has 3 aliphatic heterocycles. The van der Waals surface area contributed by atoms with Gasteiger partial charge in [0.15, 0.2) is 5.60 Å². The van der Waals surface area contributed by atoms with Gasteiger partial charge in [-0.3, -0.25) is 9.69 Å². The number of pyridine rings is 1. The fourth-order valence-electron chi connectivity index (χ4n) is 4.31. The van der Waals surface area contributed by atoms with Gasteiger partial charge in [-0.1, -0.05) is 0 Å². The normalized spacial score (nSPS) is 22.9. The Bertz CT molecular complexity index is 941. The Kier molecular flexibility index (Phi) is 3.84. The summed E-state index contributed by atoms with van der Waals surface area (Å²) in [6.07, 6.45) is 0.854. The predicted octanol–water partition coefficient (Wildman–Crippen LogP) is 2.13. The van der Waals surface area contributed by atoms with Gasteiger partial charge >= 0.3 is 6.09 Å². The number of fused-ring (bicyclic) bond motifs is 2. The summed E-state index contributed by atoms with van der Waals surface area (Å²) in [5.74, 6) is 0.269. The van der Waals surface area contributed by atoms with Gasteiger partial charge in [0.2, 0.25) is 0 Å². The van der Waals surface area contributed by atoms with Crippen LogP contribution in [-0.2, 0) is 4.74 Å². The van der Waals surface area contributed by atoms with Gasteiger partial charge in [-0.15, -0.1) is 11.3 Å². The van der Waals surface area contributed by atoms with Crippen molar-refractivity contribution in [3.05, 3.63) is 46.0 Å². The Morgan fingerprint density at radius 2 is 2.14 bits per heavy atom. The minimum Gasteiger partial charge on any atom is -0.437 e. The summed E-state index contributed by atoms with van der Waals surface area (Å²) in [5, 5.41) is 1.92. The number of piperazine rings is 1. The maximum Gasteiger partial charge on any atom is 0.411 e. The Labute approximate surface area is 165 Å². The molecule has 0 radical (unpaired) electrons. The van der Waals surface area contributed by atoms with Crippen LogP contribution in [0.1, 0.15) is 15.2 Å². The second kappa shape index (κ2) is 6.16. The van der Waals surface area contributed by atoms with Crippen molar-refractivity contribution in [2.45, 2.75) is 18.6 Å². The van der Waals surface area contributed by atoms with Crippen LogP contribution in [0.15, 0.2) is 29.8 Å². The van der Waals surface area contributed by atoms with Gasteiger partial charge in [-0.2, -0.15) is 0 Å². The van der Waals surface area contributed by atoms with Gasteiger partial charge in [0.05, 0.1) is 30.9 Å². The number of thiophene rings is 1. The Morgan fingerprint density at radius 3 is 2.82 bits per heavy atom. The first-order chi connectivity index (χ1) is 13.5. The van der Waals surface area contributed by atoms with Crippen LogP contribution in [0.25, 0.3) is 0 Å². The number of hydrogen-bond acceptors (Lipinski definition) is 6. The number of ether oxygens (including phenoxy) is 1. The molecule has 5 rings (SSSR count). The van der Waals surface area contributed by atoms with Crippen LogP contribution in [0.2, 0.25) is 0 Å². The first-order valence-electron chi connectivity index (χ1n) is 9.16. The number of aromatic nitrogens is 1. The molecule has 3 aliphatic rings. The van der Waals surface area contributed by atoms with Crippen molar-refractivity contribution in [3.63, 3.8) is 0 Å². The van der Waals surface area contributed by atoms with Crippen molar-refractivity contribution in [1.29, 1.82) is 0 Å². The molecule has 0 saturated carbocycles. The highest BCUT2D eigenvalue weighted by atomic mass is 32.1. The molecule has 5 heterocycles. The molecule has 1 unspecified atom stereocenters. The molecule has 7 nitrogen and oxygen atoms in total. The molecule has 0 aromatic carbocycles. The molecule has 0 bridgehead atoms. The molecular weight excluding hydrogens is 383 g/mol. The lowest BCUT2D eigenvalue weighted by Gasteiger charge is -2.51. The SMILES string of the molecule is Cc1sccc1C(=O)N1CCN2C(=O)OC3(CN(c4ccc(F)cn4)C3)C2C1. The molecule has 1 spiro atoms. The third kappa shape index (κ3) is 2.56. The molecule has 2 amide bonds. The van der Waals surface area contributed by atoms with Crippen molar-refractivity contribution in [3.8, 4) is 0 Å². The van der Waals surface area contributed by atoms with Crippen molar-refractivity contribution in [2.24, 2.45) is 0 Å². The highest BCUT2D eigenvalue weighted by molar-refractivity contribution is 7.10. The Morgan fingerprint density at radius 1 is 1.32 bits per heavy atom. The molecule has 1 atom stereocenters. The molecule has 2 aromatic heterocycles. The largest absolute Gasteiger partial charge is 0.437 e. The lowest BCUT2D eigenvalue weighted by molar-refractivity contribution is -0.00669. The monoisotopic (exact) mass is 402 g/mol. The lowest BCUT2D eigenvalue weighted by atomic mass is 9.84. The zero-order valence-corrected chi connectivity index (χ0v) is 16.1. The average molecular weight is 402 g/mol. The fraction of sp³-hybridized carbons (Fsp3) is 0.421. The highest BCUT2D eigenvalue weighted by Crippen LogP contribution is 2.41. The quantitative estimate of drug-likeness (QED) is 0.770. The number of carbonyl (C=O) groups is 2. The zero-order chi connectivity index (χ0) is 19.5. The number of hydrogen-bond donors (Lipinski definition) is 0. The van der Waals surface area contributed by atoms with E-state index in [1.807, 2.05) is 28.2 Å². The standard InChI is InChI=1S/C19H19FN4O3S/c1-12-14(4-7-28-12)17(25)22-5-6-24-15(9-22)19(27-18(24)26)10-23(11-19)16-3-2-13(20)8-21-16/h2-4,7-8,15H,5-6,9-11H2,1H3. The minimum atomic E-state index is -0.657. The minimum absolute atomic E-state index is 0.00396. The van der Waals surface area contributed by atoms with E-state index in [1.165, 1.54) is 12.3 Å². The molecule has 146 valence electrons. The van der Waals surface area contributed by atoms with E-state index < -0.39 is 5.60 Å². The molecular formula is C19H19FN4O3S. The average Bonchev–Trinajstić information content (AvgIpc) is 3.22. The first-order valence-corrected chi connectivity index (χ1v) is 10.0. The van der Waals surface area contributed by atoms with Gasteiger partial charge in [-0.05, 0) is 30.5 Å². The summed E-state index contributed by atoms with van der Waals surface area (Å²) < 4.78 is 18.9. The van der Waals surface area contributed by atoms with Gasteiger partial charge < -0.3 is 14.5 Å². The summed E-state index contributed by atoms with van der Waals surface area (Å²) in [6, 6.07) is 4.65. The summed E-state index contributed by atoms with van der Waals surface area (Å²) in [6.45, 7) is 4.33. The number of carbonyl (C=O) groups excluding carboxylic acids is 2. The van der Waals surface area contributed by atoms with E-state index in [2.05, 4.69) is 4.98 Å². The van der Waals surface area contributed by atoms with E-state index in [-0.39, 0.29) is 23.9 Å². The van der Waals surface area contributed by atoms with Crippen LogP contribution in [0.3, 0.4) is 0 Å². The van der Waals surface area contributed by atoms with E-state index >= 15 is 0 Å². The number of anilines is 1. The Hall–Kier alpha value is -2.68. The second-order valence-electron chi connectivity index (χ2n) is 7.47. The van der Waals surface area contributed by atoms with Gasteiger partial charge in [0.25, 0.3) is 5.91 Å². The van der Waals surface area contributed by atoms with E-state index in [1.54, 1.807) is 22.3 Å². The van der Waals surface area contributed by atoms with Crippen LogP contribution >= 0.6 is 11.3 Å². The molecule has 9 heteroatoms. The first kappa shape index (κ1) is 17.4. The van der Waals surface area contributed by atoms with E-state index in [0.717, 1.165) is 10.4 Å². The molecule has 28 heavy (non-hydrogen) atoms. The topological polar surface area (TPSA) is 66.0 Å². The van der Waals surface area contributed by atoms with Crippen molar-refractivity contribution < 1.29 is 18.7 Å². The van der Waals surface area contributed by atoms with Crippen molar-refractivity contribution >= 4 is 29.2 Å². The predicted molar refractivity (Wildman–Crippen MR) is 101 cm³/mol. The smallest absolute Gasteiger partial charge is 0.411 e. The molecule has 0 N–H and O–H groups in total. The van der Waals surface area contributed by atoms with Crippen LogP contribution in [-0.4, -0.2) is 71.2 Å². The summed E-state index contributed by atoms with van der Waals surface area (Å²) in [5.41, 5.74) is 0.0685. The number of amides is 2. The maximum atomic E-state index is 13.1. The van der Waals surface area contributed by atoms with Gasteiger partial charge in [0.1, 0.15) is 11.6 Å². The van der Waals surface area contributed by atoms with Crippen molar-refractivity contribution in [1.82, 2.24) is 14.8 Å². The maximum absolute atomic E-state index is 13.1. The number of rotatable bonds is 2. The summed E-state index contributed by atoms with van der Waals surface area (Å²) in [4.78, 5) is 35.9. The molecule has 3 saturated heterocycles. The third-order valence-electron chi connectivity index (χ3n) is 5.84. The number of nitrogens with zero attached hydrogens (tertiary/aromatic N) is 4. The summed E-state index contributed by atoms with van der Waals surface area (Å²) in [7, 11) is 0. The van der Waals surface area contributed by atoms with Crippen molar-refractivity contribution in [2.75, 3.05) is 37.6 Å². The number of aryl methyl sites for hydroxylation is 1. The summed E-state index contributed by atoms with van der Waals surface area (Å²) >= 11 is 1.55. The van der Waals surface area contributed by atoms with Crippen LogP contribution in [0, 0.1) is 12.7 Å². The fourth-order valence-corrected chi connectivity index (χ4v) is 5.00. The van der Waals surface area contributed by atoms with Crippen LogP contribution < -0.4 is 4.90 Å². The van der Waals surface area contributed by atoms with E-state index in [0.29, 0.717) is 38.5 Å². The van der Waals surface area contributed by atoms with Gasteiger partial charge in [-0.25, -0.2) is 14.2 Å². The lowest BCUT2D eigenvalue weighted by Crippen LogP contribution is -2.71. The van der Waals surface area contributed by atoms with E-state index in [9.17, 15) is 14.0 Å². The van der Waals surface area contributed by atoms with Gasteiger partial charge in [0, 0.05) is 24.5 Å². The third-order valence-corrected chi connectivity index (χ3v) is 6.69. The number of halogens is 1. The van der Waals surface area contributed by atoms with E-state index in [4.69, 9.17) is 4.74 Å². The molecule has 3 fully saturated rings. The Balaban J connectivity index is 1.34. The molecule has 0 aliphatic carbocycles.